The van der Waals surface area contributed by atoms with Crippen molar-refractivity contribution < 1.29 is 14.7 Å². The summed E-state index contributed by atoms with van der Waals surface area (Å²) in [6, 6.07) is 0.204. The Bertz CT molecular complexity index is 320. The minimum atomic E-state index is -0.759. The van der Waals surface area contributed by atoms with Crippen LogP contribution >= 0.6 is 0 Å². The van der Waals surface area contributed by atoms with Crippen LogP contribution in [0.5, 0.6) is 0 Å². The number of carbonyl (C=O) groups is 2. The molecule has 0 atom stereocenters. The molecule has 0 aromatic heterocycles. The summed E-state index contributed by atoms with van der Waals surface area (Å²) in [7, 11) is 0. The number of carboxylic acid groups (broad SMARTS) is 1. The second-order valence-corrected chi connectivity index (χ2v) is 5.52. The lowest BCUT2D eigenvalue weighted by molar-refractivity contribution is -0.150. The quantitative estimate of drug-likeness (QED) is 0.840. The van der Waals surface area contributed by atoms with Gasteiger partial charge in [-0.15, -0.1) is 0 Å². The van der Waals surface area contributed by atoms with E-state index in [1.165, 1.54) is 0 Å². The number of rotatable bonds is 3. The van der Waals surface area contributed by atoms with Gasteiger partial charge in [-0.2, -0.15) is 0 Å². The summed E-state index contributed by atoms with van der Waals surface area (Å²) >= 11 is 0. The Morgan fingerprint density at radius 3 is 2.17 bits per heavy atom. The van der Waals surface area contributed by atoms with Crippen molar-refractivity contribution in [2.24, 2.45) is 5.41 Å². The standard InChI is InChI=1S/C13H24N2O3/c1-5-15(10(2)3)12(18)14-8-6-13(4,7-9-14)11(16)17/h10H,5-9H2,1-4H3,(H,16,17). The highest BCUT2D eigenvalue weighted by molar-refractivity contribution is 5.77. The van der Waals surface area contributed by atoms with Gasteiger partial charge in [0, 0.05) is 25.7 Å². The van der Waals surface area contributed by atoms with E-state index in [-0.39, 0.29) is 12.1 Å². The zero-order valence-electron chi connectivity index (χ0n) is 11.8. The van der Waals surface area contributed by atoms with Gasteiger partial charge < -0.3 is 14.9 Å². The first kappa shape index (κ1) is 14.8. The zero-order chi connectivity index (χ0) is 13.9. The van der Waals surface area contributed by atoms with E-state index in [0.717, 1.165) is 0 Å². The molecule has 1 fully saturated rings. The number of nitrogens with zero attached hydrogens (tertiary/aromatic N) is 2. The molecule has 5 heteroatoms. The van der Waals surface area contributed by atoms with Gasteiger partial charge in [-0.3, -0.25) is 4.79 Å². The molecule has 0 unspecified atom stereocenters. The van der Waals surface area contributed by atoms with Crippen molar-refractivity contribution in [2.75, 3.05) is 19.6 Å². The molecule has 1 N–H and O–H groups in total. The van der Waals surface area contributed by atoms with Crippen LogP contribution in [-0.2, 0) is 4.79 Å². The van der Waals surface area contributed by atoms with Gasteiger partial charge in [-0.1, -0.05) is 0 Å². The lowest BCUT2D eigenvalue weighted by Gasteiger charge is -2.39. The van der Waals surface area contributed by atoms with E-state index in [0.29, 0.717) is 32.5 Å². The molecule has 0 saturated carbocycles. The van der Waals surface area contributed by atoms with E-state index in [2.05, 4.69) is 0 Å². The first-order chi connectivity index (χ1) is 8.31. The van der Waals surface area contributed by atoms with E-state index in [1.807, 2.05) is 25.7 Å². The minimum Gasteiger partial charge on any atom is -0.481 e. The van der Waals surface area contributed by atoms with Gasteiger partial charge in [-0.05, 0) is 40.5 Å². The Balaban J connectivity index is 2.63. The van der Waals surface area contributed by atoms with E-state index in [4.69, 9.17) is 5.11 Å². The molecule has 0 bridgehead atoms. The molecule has 1 aliphatic heterocycles. The highest BCUT2D eigenvalue weighted by atomic mass is 16.4. The van der Waals surface area contributed by atoms with Crippen LogP contribution in [0.3, 0.4) is 0 Å². The lowest BCUT2D eigenvalue weighted by Crippen LogP contribution is -2.51. The average Bonchev–Trinajstić information content (AvgIpc) is 2.30. The minimum absolute atomic E-state index is 0.0277. The monoisotopic (exact) mass is 256 g/mol. The number of hydrogen-bond acceptors (Lipinski definition) is 2. The molecular weight excluding hydrogens is 232 g/mol. The topological polar surface area (TPSA) is 60.9 Å². The van der Waals surface area contributed by atoms with E-state index in [9.17, 15) is 9.59 Å². The van der Waals surface area contributed by atoms with Gasteiger partial charge in [-0.25, -0.2) is 4.79 Å². The first-order valence-electron chi connectivity index (χ1n) is 6.60. The van der Waals surface area contributed by atoms with Crippen molar-refractivity contribution in [3.05, 3.63) is 0 Å². The summed E-state index contributed by atoms with van der Waals surface area (Å²) < 4.78 is 0. The van der Waals surface area contributed by atoms with Crippen LogP contribution in [-0.4, -0.2) is 52.6 Å². The van der Waals surface area contributed by atoms with Crippen molar-refractivity contribution >= 4 is 12.0 Å². The normalized spacial score (nSPS) is 18.8. The Morgan fingerprint density at radius 2 is 1.83 bits per heavy atom. The lowest BCUT2D eigenvalue weighted by atomic mass is 9.80. The van der Waals surface area contributed by atoms with Gasteiger partial charge in [0.1, 0.15) is 0 Å². The molecule has 0 spiro atoms. The van der Waals surface area contributed by atoms with Crippen LogP contribution in [0.2, 0.25) is 0 Å². The molecule has 5 nitrogen and oxygen atoms in total. The molecule has 1 heterocycles. The van der Waals surface area contributed by atoms with Crippen molar-refractivity contribution in [3.63, 3.8) is 0 Å². The van der Waals surface area contributed by atoms with Gasteiger partial charge >= 0.3 is 12.0 Å². The maximum Gasteiger partial charge on any atom is 0.320 e. The Morgan fingerprint density at radius 1 is 1.33 bits per heavy atom. The molecule has 2 amide bonds. The van der Waals surface area contributed by atoms with E-state index in [1.54, 1.807) is 11.8 Å². The molecule has 0 aromatic carbocycles. The van der Waals surface area contributed by atoms with Crippen LogP contribution in [0.15, 0.2) is 0 Å². The molecule has 0 radical (unpaired) electrons. The number of likely N-dealkylation sites (tertiary alicyclic amines) is 1. The van der Waals surface area contributed by atoms with Crippen molar-refractivity contribution in [1.82, 2.24) is 9.80 Å². The second kappa shape index (κ2) is 5.59. The summed E-state index contributed by atoms with van der Waals surface area (Å²) in [5.74, 6) is -0.759. The zero-order valence-corrected chi connectivity index (χ0v) is 11.8. The van der Waals surface area contributed by atoms with Gasteiger partial charge in [0.05, 0.1) is 5.41 Å². The van der Waals surface area contributed by atoms with Gasteiger partial charge in [0.25, 0.3) is 0 Å². The smallest absolute Gasteiger partial charge is 0.320 e. The maximum absolute atomic E-state index is 12.3. The van der Waals surface area contributed by atoms with Crippen LogP contribution in [0.1, 0.15) is 40.5 Å². The van der Waals surface area contributed by atoms with Crippen molar-refractivity contribution in [3.8, 4) is 0 Å². The fourth-order valence-electron chi connectivity index (χ4n) is 2.31. The number of aliphatic carboxylic acids is 1. The van der Waals surface area contributed by atoms with Crippen molar-refractivity contribution in [2.45, 2.75) is 46.6 Å². The summed E-state index contributed by atoms with van der Waals surface area (Å²) in [5.41, 5.74) is -0.675. The molecule has 104 valence electrons. The number of carbonyl (C=O) groups excluding carboxylic acids is 1. The predicted molar refractivity (Wildman–Crippen MR) is 69.5 cm³/mol. The van der Waals surface area contributed by atoms with Crippen molar-refractivity contribution in [1.29, 1.82) is 0 Å². The molecule has 0 aromatic rings. The summed E-state index contributed by atoms with van der Waals surface area (Å²) in [6.45, 7) is 9.46. The fourth-order valence-corrected chi connectivity index (χ4v) is 2.31. The Kier molecular flexibility index (Phi) is 4.59. The maximum atomic E-state index is 12.3. The molecule has 1 rings (SSSR count). The predicted octanol–water partition coefficient (Wildman–Crippen LogP) is 2.02. The van der Waals surface area contributed by atoms with Crippen LogP contribution in [0, 0.1) is 5.41 Å². The molecule has 1 aliphatic rings. The molecule has 1 saturated heterocycles. The average molecular weight is 256 g/mol. The molecule has 0 aliphatic carbocycles. The number of hydrogen-bond donors (Lipinski definition) is 1. The summed E-state index contributed by atoms with van der Waals surface area (Å²) in [4.78, 5) is 27.0. The largest absolute Gasteiger partial charge is 0.481 e. The number of urea groups is 1. The first-order valence-corrected chi connectivity index (χ1v) is 6.60. The van der Waals surface area contributed by atoms with Crippen LogP contribution in [0.4, 0.5) is 4.79 Å². The summed E-state index contributed by atoms with van der Waals surface area (Å²) in [5, 5.41) is 9.15. The second-order valence-electron chi connectivity index (χ2n) is 5.52. The van der Waals surface area contributed by atoms with Gasteiger partial charge in [0.15, 0.2) is 0 Å². The Hall–Kier alpha value is -1.26. The number of piperidine rings is 1. The highest BCUT2D eigenvalue weighted by Gasteiger charge is 2.38. The van der Waals surface area contributed by atoms with Crippen LogP contribution in [0.25, 0.3) is 0 Å². The van der Waals surface area contributed by atoms with Gasteiger partial charge in [0.2, 0.25) is 0 Å². The highest BCUT2D eigenvalue weighted by Crippen LogP contribution is 2.31. The number of carboxylic acids is 1. The third-order valence-electron chi connectivity index (χ3n) is 3.86. The van der Waals surface area contributed by atoms with E-state index < -0.39 is 11.4 Å². The molecule has 18 heavy (non-hydrogen) atoms. The summed E-state index contributed by atoms with van der Waals surface area (Å²) in [6.07, 6.45) is 1.06. The SMILES string of the molecule is CCN(C(=O)N1CCC(C)(C(=O)O)CC1)C(C)C. The van der Waals surface area contributed by atoms with E-state index >= 15 is 0 Å². The third kappa shape index (κ3) is 2.94. The molecular formula is C13H24N2O3. The Labute approximate surface area is 109 Å². The van der Waals surface area contributed by atoms with Crippen LogP contribution < -0.4 is 0 Å². The number of amides is 2. The fraction of sp³-hybridized carbons (Fsp3) is 0.846. The third-order valence-corrected chi connectivity index (χ3v) is 3.86.